The Labute approximate surface area is 169 Å². The van der Waals surface area contributed by atoms with E-state index < -0.39 is 0 Å². The molecule has 0 aromatic heterocycles. The quantitative estimate of drug-likeness (QED) is 0.447. The summed E-state index contributed by atoms with van der Waals surface area (Å²) >= 11 is 6.18. The van der Waals surface area contributed by atoms with Crippen LogP contribution >= 0.6 is 11.6 Å². The van der Waals surface area contributed by atoms with Crippen LogP contribution in [0.2, 0.25) is 5.02 Å². The summed E-state index contributed by atoms with van der Waals surface area (Å²) in [5.41, 5.74) is 9.70. The number of anilines is 3. The van der Waals surface area contributed by atoms with Gasteiger partial charge in [-0.3, -0.25) is 4.90 Å². The summed E-state index contributed by atoms with van der Waals surface area (Å²) in [5, 5.41) is 3.51. The number of amides is 2. The van der Waals surface area contributed by atoms with E-state index in [-0.39, 0.29) is 12.8 Å². The van der Waals surface area contributed by atoms with Crippen molar-refractivity contribution in [2.45, 2.75) is 13.8 Å². The minimum absolute atomic E-state index is 0.0254. The number of benzene rings is 3. The Morgan fingerprint density at radius 1 is 1.00 bits per heavy atom. The standard InChI is InChI=1S/C22H22ClN3O2/c1-15-12-20(13-16(2)21(15)23)28-14-25-22(27)26(18-6-4-3-5-7-18)19-10-8-17(24)9-11-19/h3-13H,14,24H2,1-2H3,(H,25,27). The number of carbonyl (C=O) groups is 1. The molecule has 0 aliphatic carbocycles. The summed E-state index contributed by atoms with van der Waals surface area (Å²) < 4.78 is 5.70. The zero-order chi connectivity index (χ0) is 20.1. The van der Waals surface area contributed by atoms with Crippen molar-refractivity contribution in [3.8, 4) is 5.75 Å². The van der Waals surface area contributed by atoms with Crippen LogP contribution < -0.4 is 20.7 Å². The number of urea groups is 1. The maximum atomic E-state index is 12.9. The van der Waals surface area contributed by atoms with Crippen molar-refractivity contribution in [2.24, 2.45) is 0 Å². The SMILES string of the molecule is Cc1cc(OCNC(=O)N(c2ccccc2)c2ccc(N)cc2)cc(C)c1Cl. The van der Waals surface area contributed by atoms with Gasteiger partial charge in [-0.2, -0.15) is 0 Å². The first-order valence-corrected chi connectivity index (χ1v) is 9.21. The average Bonchev–Trinajstić information content (AvgIpc) is 2.68. The first-order valence-electron chi connectivity index (χ1n) is 8.84. The van der Waals surface area contributed by atoms with Crippen molar-refractivity contribution in [1.82, 2.24) is 5.32 Å². The first-order chi connectivity index (χ1) is 13.5. The molecular formula is C22H22ClN3O2. The molecule has 0 aliphatic rings. The van der Waals surface area contributed by atoms with Gasteiger partial charge in [0.2, 0.25) is 0 Å². The number of nitrogens with zero attached hydrogens (tertiary/aromatic N) is 1. The van der Waals surface area contributed by atoms with Gasteiger partial charge in [-0.25, -0.2) is 4.79 Å². The number of halogens is 1. The van der Waals surface area contributed by atoms with Crippen LogP contribution in [-0.2, 0) is 0 Å². The molecule has 5 nitrogen and oxygen atoms in total. The van der Waals surface area contributed by atoms with Crippen LogP contribution in [0.15, 0.2) is 66.7 Å². The lowest BCUT2D eigenvalue weighted by atomic mass is 10.1. The van der Waals surface area contributed by atoms with Crippen LogP contribution in [0.3, 0.4) is 0 Å². The molecule has 0 atom stereocenters. The predicted molar refractivity (Wildman–Crippen MR) is 114 cm³/mol. The largest absolute Gasteiger partial charge is 0.473 e. The molecule has 0 saturated heterocycles. The molecule has 0 unspecified atom stereocenters. The van der Waals surface area contributed by atoms with E-state index in [1.54, 1.807) is 29.2 Å². The number of hydrogen-bond acceptors (Lipinski definition) is 3. The van der Waals surface area contributed by atoms with Crippen LogP contribution in [0.25, 0.3) is 0 Å². The topological polar surface area (TPSA) is 67.6 Å². The zero-order valence-electron chi connectivity index (χ0n) is 15.8. The number of aryl methyl sites for hydroxylation is 2. The highest BCUT2D eigenvalue weighted by molar-refractivity contribution is 6.32. The molecule has 0 fully saturated rings. The fraction of sp³-hybridized carbons (Fsp3) is 0.136. The molecule has 0 saturated carbocycles. The van der Waals surface area contributed by atoms with E-state index in [1.165, 1.54) is 0 Å². The second-order valence-corrected chi connectivity index (χ2v) is 6.78. The van der Waals surface area contributed by atoms with Crippen LogP contribution in [0.4, 0.5) is 21.9 Å². The lowest BCUT2D eigenvalue weighted by Gasteiger charge is -2.23. The molecule has 0 heterocycles. The molecule has 0 bridgehead atoms. The minimum atomic E-state index is -0.307. The number of ether oxygens (including phenoxy) is 1. The van der Waals surface area contributed by atoms with Gasteiger partial charge in [-0.05, 0) is 73.5 Å². The normalized spacial score (nSPS) is 10.4. The van der Waals surface area contributed by atoms with E-state index >= 15 is 0 Å². The summed E-state index contributed by atoms with van der Waals surface area (Å²) in [6, 6.07) is 19.9. The summed E-state index contributed by atoms with van der Waals surface area (Å²) in [4.78, 5) is 14.5. The molecule has 3 aromatic carbocycles. The number of rotatable bonds is 5. The maximum absolute atomic E-state index is 12.9. The Balaban J connectivity index is 1.74. The Morgan fingerprint density at radius 2 is 1.57 bits per heavy atom. The van der Waals surface area contributed by atoms with E-state index in [9.17, 15) is 4.79 Å². The lowest BCUT2D eigenvalue weighted by molar-refractivity contribution is 0.231. The zero-order valence-corrected chi connectivity index (χ0v) is 16.5. The highest BCUT2D eigenvalue weighted by Gasteiger charge is 2.17. The van der Waals surface area contributed by atoms with Gasteiger partial charge in [-0.1, -0.05) is 29.8 Å². The Morgan fingerprint density at radius 3 is 2.18 bits per heavy atom. The second kappa shape index (κ2) is 8.67. The van der Waals surface area contributed by atoms with Gasteiger partial charge in [-0.15, -0.1) is 0 Å². The van der Waals surface area contributed by atoms with Gasteiger partial charge in [0.1, 0.15) is 5.75 Å². The third-order valence-corrected chi connectivity index (χ3v) is 4.84. The number of para-hydroxylation sites is 1. The van der Waals surface area contributed by atoms with Gasteiger partial charge in [0.25, 0.3) is 0 Å². The van der Waals surface area contributed by atoms with Crippen molar-refractivity contribution in [1.29, 1.82) is 0 Å². The minimum Gasteiger partial charge on any atom is -0.473 e. The number of hydrogen-bond donors (Lipinski definition) is 2. The van der Waals surface area contributed by atoms with Crippen molar-refractivity contribution >= 4 is 34.7 Å². The monoisotopic (exact) mass is 395 g/mol. The molecule has 2 amide bonds. The highest BCUT2D eigenvalue weighted by Crippen LogP contribution is 2.27. The number of carbonyl (C=O) groups excluding carboxylic acids is 1. The van der Waals surface area contributed by atoms with Gasteiger partial charge < -0.3 is 15.8 Å². The van der Waals surface area contributed by atoms with Gasteiger partial charge in [0.05, 0.1) is 11.4 Å². The fourth-order valence-corrected chi connectivity index (χ4v) is 2.94. The van der Waals surface area contributed by atoms with E-state index in [4.69, 9.17) is 22.1 Å². The number of nitrogen functional groups attached to an aromatic ring is 1. The molecule has 144 valence electrons. The maximum Gasteiger partial charge on any atom is 0.329 e. The van der Waals surface area contributed by atoms with Crippen molar-refractivity contribution in [2.75, 3.05) is 17.4 Å². The van der Waals surface area contributed by atoms with Gasteiger partial charge in [0, 0.05) is 10.7 Å². The Hall–Kier alpha value is -3.18. The van der Waals surface area contributed by atoms with Crippen LogP contribution in [0.1, 0.15) is 11.1 Å². The fourth-order valence-electron chi connectivity index (χ4n) is 2.83. The van der Waals surface area contributed by atoms with E-state index in [2.05, 4.69) is 5.32 Å². The van der Waals surface area contributed by atoms with Crippen molar-refractivity contribution < 1.29 is 9.53 Å². The Bertz CT molecular complexity index is 936. The average molecular weight is 396 g/mol. The van der Waals surface area contributed by atoms with E-state index in [0.717, 1.165) is 21.8 Å². The van der Waals surface area contributed by atoms with Crippen molar-refractivity contribution in [3.05, 3.63) is 82.9 Å². The van der Waals surface area contributed by atoms with Crippen molar-refractivity contribution in [3.63, 3.8) is 0 Å². The van der Waals surface area contributed by atoms with Gasteiger partial charge >= 0.3 is 6.03 Å². The molecule has 28 heavy (non-hydrogen) atoms. The number of nitrogens with two attached hydrogens (primary N) is 1. The second-order valence-electron chi connectivity index (χ2n) is 6.40. The first kappa shape index (κ1) is 19.6. The summed E-state index contributed by atoms with van der Waals surface area (Å²) in [7, 11) is 0. The highest BCUT2D eigenvalue weighted by atomic mass is 35.5. The molecule has 0 spiro atoms. The van der Waals surface area contributed by atoms with Crippen LogP contribution in [0, 0.1) is 13.8 Å². The number of nitrogens with one attached hydrogen (secondary N) is 1. The summed E-state index contributed by atoms with van der Waals surface area (Å²) in [6.07, 6.45) is 0. The predicted octanol–water partition coefficient (Wildman–Crippen LogP) is 5.42. The molecule has 0 aliphatic heterocycles. The third-order valence-electron chi connectivity index (χ3n) is 4.24. The third kappa shape index (κ3) is 4.56. The molecule has 3 aromatic rings. The molecule has 3 rings (SSSR count). The van der Waals surface area contributed by atoms with Crippen LogP contribution in [0.5, 0.6) is 5.75 Å². The van der Waals surface area contributed by atoms with E-state index in [0.29, 0.717) is 17.1 Å². The molecular weight excluding hydrogens is 374 g/mol. The van der Waals surface area contributed by atoms with Crippen LogP contribution in [-0.4, -0.2) is 12.8 Å². The van der Waals surface area contributed by atoms with E-state index in [1.807, 2.05) is 56.3 Å². The lowest BCUT2D eigenvalue weighted by Crippen LogP contribution is -2.38. The smallest absolute Gasteiger partial charge is 0.329 e. The molecule has 3 N–H and O–H groups in total. The summed E-state index contributed by atoms with van der Waals surface area (Å²) in [5.74, 6) is 0.651. The molecule has 6 heteroatoms. The Kier molecular flexibility index (Phi) is 6.06. The van der Waals surface area contributed by atoms with Gasteiger partial charge in [0.15, 0.2) is 6.73 Å². The summed E-state index contributed by atoms with van der Waals surface area (Å²) in [6.45, 7) is 3.86. The molecule has 0 radical (unpaired) electrons.